The van der Waals surface area contributed by atoms with Crippen LogP contribution in [-0.4, -0.2) is 44.4 Å². The minimum Gasteiger partial charge on any atom is -0.425 e. The summed E-state index contributed by atoms with van der Waals surface area (Å²) >= 11 is 0. The Kier molecular flexibility index (Phi) is 7.22. The van der Waals surface area contributed by atoms with E-state index in [4.69, 9.17) is 0 Å². The van der Waals surface area contributed by atoms with Crippen molar-refractivity contribution in [3.63, 3.8) is 0 Å². The Morgan fingerprint density at radius 2 is 1.77 bits per heavy atom. The van der Waals surface area contributed by atoms with Gasteiger partial charge in [0.05, 0.1) is 17.7 Å². The van der Waals surface area contributed by atoms with Gasteiger partial charge in [0.2, 0.25) is 0 Å². The summed E-state index contributed by atoms with van der Waals surface area (Å²) < 4.78 is 83.3. The molecule has 2 aromatic rings. The summed E-state index contributed by atoms with van der Waals surface area (Å²) in [5.41, 5.74) is 1.12. The van der Waals surface area contributed by atoms with Crippen molar-refractivity contribution in [2.45, 2.75) is 26.4 Å². The summed E-state index contributed by atoms with van der Waals surface area (Å²) in [5, 5.41) is 0. The van der Waals surface area contributed by atoms with Crippen LogP contribution in [0.2, 0.25) is 0 Å². The number of hydrogen-bond donors (Lipinski definition) is 0. The molecule has 0 amide bonds. The third kappa shape index (κ3) is 5.37. The molecule has 0 aliphatic rings. The average molecular weight is 433 g/mol. The molecule has 0 saturated heterocycles. The Bertz CT molecular complexity index is 920. The van der Waals surface area contributed by atoms with Gasteiger partial charge in [-0.2, -0.15) is 17.6 Å². The average Bonchev–Trinajstić information content (AvgIpc) is 2.68. The molecule has 0 atom stereocenters. The first-order valence-corrected chi connectivity index (χ1v) is 8.89. The van der Waals surface area contributed by atoms with Crippen LogP contribution in [0.1, 0.15) is 12.5 Å². The molecule has 30 heavy (non-hydrogen) atoms. The number of aliphatic imine (C=N–C) groups is 1. The van der Waals surface area contributed by atoms with E-state index in [1.54, 1.807) is 18.2 Å². The van der Waals surface area contributed by atoms with Gasteiger partial charge < -0.3 is 14.5 Å². The second-order valence-electron chi connectivity index (χ2n) is 6.55. The number of benzene rings is 2. The zero-order valence-electron chi connectivity index (χ0n) is 16.8. The molecule has 0 aromatic heterocycles. The van der Waals surface area contributed by atoms with E-state index >= 15 is 0 Å². The number of hydrogen-bond acceptors (Lipinski definition) is 3. The molecule has 10 heteroatoms. The van der Waals surface area contributed by atoms with Gasteiger partial charge in [0.1, 0.15) is 5.82 Å². The molecule has 4 nitrogen and oxygen atoms in total. The fraction of sp³-hybridized carbons (Fsp3) is 0.350. The van der Waals surface area contributed by atoms with Crippen molar-refractivity contribution in [3.8, 4) is 5.75 Å². The Morgan fingerprint density at radius 3 is 2.37 bits per heavy atom. The lowest BCUT2D eigenvalue weighted by Gasteiger charge is -2.23. The Labute approximate surface area is 170 Å². The van der Waals surface area contributed by atoms with Crippen molar-refractivity contribution in [3.05, 3.63) is 47.5 Å². The highest BCUT2D eigenvalue weighted by atomic mass is 19.3. The Hall–Kier alpha value is -2.91. The lowest BCUT2D eigenvalue weighted by atomic mass is 10.1. The second kappa shape index (κ2) is 9.27. The van der Waals surface area contributed by atoms with Gasteiger partial charge in [-0.1, -0.05) is 0 Å². The van der Waals surface area contributed by atoms with Crippen LogP contribution in [0.4, 0.5) is 43.4 Å². The van der Waals surface area contributed by atoms with Crippen LogP contribution < -0.4 is 9.64 Å². The molecule has 2 rings (SSSR count). The van der Waals surface area contributed by atoms with Crippen molar-refractivity contribution in [2.24, 2.45) is 4.99 Å². The predicted octanol–water partition coefficient (Wildman–Crippen LogP) is 5.89. The van der Waals surface area contributed by atoms with Gasteiger partial charge in [-0.3, -0.25) is 0 Å². The zero-order valence-corrected chi connectivity index (χ0v) is 16.8. The van der Waals surface area contributed by atoms with Gasteiger partial charge in [-0.05, 0) is 37.6 Å². The van der Waals surface area contributed by atoms with Gasteiger partial charge in [0, 0.05) is 38.5 Å². The number of alkyl halides is 4. The van der Waals surface area contributed by atoms with Crippen LogP contribution >= 0.6 is 0 Å². The predicted molar refractivity (Wildman–Crippen MR) is 104 cm³/mol. The molecule has 0 N–H and O–H groups in total. The maximum absolute atomic E-state index is 14.7. The molecule has 0 fully saturated rings. The van der Waals surface area contributed by atoms with Gasteiger partial charge >= 0.3 is 12.5 Å². The fourth-order valence-corrected chi connectivity index (χ4v) is 2.40. The second-order valence-corrected chi connectivity index (χ2v) is 6.55. The molecule has 0 saturated carbocycles. The molecule has 0 radical (unpaired) electrons. The van der Waals surface area contributed by atoms with Crippen molar-refractivity contribution < 1.29 is 31.1 Å². The van der Waals surface area contributed by atoms with Crippen LogP contribution in [0.25, 0.3) is 0 Å². The number of aryl methyl sites for hydroxylation is 1. The Morgan fingerprint density at radius 1 is 1.10 bits per heavy atom. The molecule has 0 aliphatic carbocycles. The van der Waals surface area contributed by atoms with Crippen LogP contribution in [0, 0.1) is 18.6 Å². The largest absolute Gasteiger partial charge is 0.461 e. The first-order valence-electron chi connectivity index (χ1n) is 8.89. The van der Waals surface area contributed by atoms with E-state index in [1.807, 2.05) is 14.0 Å². The monoisotopic (exact) mass is 433 g/mol. The van der Waals surface area contributed by atoms with Crippen molar-refractivity contribution in [1.29, 1.82) is 0 Å². The van der Waals surface area contributed by atoms with Gasteiger partial charge in [-0.25, -0.2) is 13.8 Å². The van der Waals surface area contributed by atoms with Crippen molar-refractivity contribution in [1.82, 2.24) is 4.90 Å². The minimum absolute atomic E-state index is 0.0495. The van der Waals surface area contributed by atoms with Gasteiger partial charge in [-0.15, -0.1) is 0 Å². The standard InChI is InChI=1S/C20H21F6N3O/c1-5-28(3)11-27-16-10-15(22)17(8-12(16)2)29(4)13-6-7-14(21)18(9-13)30-20(25,26)19(23)24/h6-11,19H,5H2,1-4H3/b27-11+. The summed E-state index contributed by atoms with van der Waals surface area (Å²) in [7, 11) is 3.22. The third-order valence-electron chi connectivity index (χ3n) is 4.32. The molecular weight excluding hydrogens is 412 g/mol. The van der Waals surface area contributed by atoms with Gasteiger partial charge in [0.15, 0.2) is 11.6 Å². The quantitative estimate of drug-likeness (QED) is 0.295. The van der Waals surface area contributed by atoms with Crippen LogP contribution in [0.5, 0.6) is 5.75 Å². The van der Waals surface area contributed by atoms with E-state index in [1.165, 1.54) is 30.1 Å². The van der Waals surface area contributed by atoms with E-state index in [0.29, 0.717) is 17.8 Å². The smallest absolute Gasteiger partial charge is 0.425 e. The van der Waals surface area contributed by atoms with E-state index in [2.05, 4.69) is 9.73 Å². The minimum atomic E-state index is -4.87. The molecular formula is C20H21F6N3O. The summed E-state index contributed by atoms with van der Waals surface area (Å²) in [6.45, 7) is 4.35. The number of ether oxygens (including phenoxy) is 1. The first kappa shape index (κ1) is 23.4. The van der Waals surface area contributed by atoms with E-state index in [0.717, 1.165) is 12.1 Å². The third-order valence-corrected chi connectivity index (χ3v) is 4.32. The summed E-state index contributed by atoms with van der Waals surface area (Å²) in [4.78, 5) is 7.26. The van der Waals surface area contributed by atoms with Crippen LogP contribution in [0.15, 0.2) is 35.3 Å². The molecule has 0 spiro atoms. The highest BCUT2D eigenvalue weighted by molar-refractivity contribution is 5.70. The summed E-state index contributed by atoms with van der Waals surface area (Å²) in [6.07, 6.45) is -7.46. The molecule has 2 aromatic carbocycles. The van der Waals surface area contributed by atoms with Crippen molar-refractivity contribution >= 4 is 23.4 Å². The van der Waals surface area contributed by atoms with Crippen LogP contribution in [-0.2, 0) is 0 Å². The maximum Gasteiger partial charge on any atom is 0.461 e. The van der Waals surface area contributed by atoms with Gasteiger partial charge in [0.25, 0.3) is 0 Å². The molecule has 0 unspecified atom stereocenters. The van der Waals surface area contributed by atoms with E-state index < -0.39 is 29.9 Å². The molecule has 164 valence electrons. The zero-order chi connectivity index (χ0) is 22.6. The SMILES string of the molecule is CCN(C)/C=N/c1cc(F)c(N(C)c2ccc(F)c(OC(F)(F)C(F)F)c2)cc1C. The van der Waals surface area contributed by atoms with Crippen molar-refractivity contribution in [2.75, 3.05) is 25.5 Å². The molecule has 0 heterocycles. The molecule has 0 bridgehead atoms. The molecule has 0 aliphatic heterocycles. The van der Waals surface area contributed by atoms with E-state index in [-0.39, 0.29) is 11.4 Å². The summed E-state index contributed by atoms with van der Waals surface area (Å²) in [6, 6.07) is 5.42. The normalized spacial score (nSPS) is 12.0. The number of anilines is 2. The lowest BCUT2D eigenvalue weighted by molar-refractivity contribution is -0.254. The number of nitrogens with zero attached hydrogens (tertiary/aromatic N) is 3. The van der Waals surface area contributed by atoms with Crippen LogP contribution in [0.3, 0.4) is 0 Å². The lowest BCUT2D eigenvalue weighted by Crippen LogP contribution is -2.33. The highest BCUT2D eigenvalue weighted by Crippen LogP contribution is 2.36. The maximum atomic E-state index is 14.7. The first-order chi connectivity index (χ1) is 14.0. The fourth-order valence-electron chi connectivity index (χ4n) is 2.40. The highest BCUT2D eigenvalue weighted by Gasteiger charge is 2.44. The topological polar surface area (TPSA) is 28.1 Å². The number of rotatable bonds is 8. The van der Waals surface area contributed by atoms with E-state index in [9.17, 15) is 26.3 Å². The summed E-state index contributed by atoms with van der Waals surface area (Å²) in [5.74, 6) is -3.00. The number of halogens is 6. The Balaban J connectivity index is 2.37.